The van der Waals surface area contributed by atoms with E-state index in [4.69, 9.17) is 14.1 Å². The van der Waals surface area contributed by atoms with Gasteiger partial charge < -0.3 is 8.94 Å². The van der Waals surface area contributed by atoms with E-state index in [0.29, 0.717) is 35.3 Å². The molecular weight excluding hydrogens is 430 g/mol. The van der Waals surface area contributed by atoms with E-state index in [-0.39, 0.29) is 10.9 Å². The lowest BCUT2D eigenvalue weighted by Gasteiger charge is -2.23. The van der Waals surface area contributed by atoms with Crippen LogP contribution in [0.3, 0.4) is 0 Å². The van der Waals surface area contributed by atoms with Gasteiger partial charge in [-0.25, -0.2) is 13.6 Å². The largest absolute Gasteiger partial charge is 0.419 e. The Hall–Kier alpha value is -3.34. The van der Waals surface area contributed by atoms with Crippen LogP contribution >= 0.6 is 0 Å². The average Bonchev–Trinajstić information content (AvgIpc) is 3.39. The number of sulfonamides is 1. The van der Waals surface area contributed by atoms with E-state index in [2.05, 4.69) is 15.4 Å². The summed E-state index contributed by atoms with van der Waals surface area (Å²) in [6.45, 7) is 4.20. The lowest BCUT2D eigenvalue weighted by molar-refractivity contribution is 0.228. The maximum Gasteiger partial charge on any atom is 0.253 e. The minimum atomic E-state index is -3.72. The summed E-state index contributed by atoms with van der Waals surface area (Å²) in [6.07, 6.45) is 0. The van der Waals surface area contributed by atoms with Crippen LogP contribution in [-0.4, -0.2) is 35.7 Å². The van der Waals surface area contributed by atoms with Gasteiger partial charge >= 0.3 is 0 Å². The Morgan fingerprint density at radius 1 is 1.06 bits per heavy atom. The van der Waals surface area contributed by atoms with Crippen LogP contribution in [0.4, 0.5) is 0 Å². The van der Waals surface area contributed by atoms with Gasteiger partial charge in [-0.1, -0.05) is 47.6 Å². The van der Waals surface area contributed by atoms with Crippen LogP contribution in [0.25, 0.3) is 22.7 Å². The molecule has 0 spiro atoms. The van der Waals surface area contributed by atoms with Crippen LogP contribution in [0, 0.1) is 6.92 Å². The van der Waals surface area contributed by atoms with Crippen molar-refractivity contribution >= 4 is 10.0 Å². The lowest BCUT2D eigenvalue weighted by Crippen LogP contribution is -2.22. The molecule has 0 saturated heterocycles. The first-order valence-electron chi connectivity index (χ1n) is 9.91. The van der Waals surface area contributed by atoms with Crippen LogP contribution in [0.5, 0.6) is 0 Å². The Morgan fingerprint density at radius 3 is 2.41 bits per heavy atom. The van der Waals surface area contributed by atoms with Crippen LogP contribution < -0.4 is 5.14 Å². The molecule has 0 bridgehead atoms. The molecule has 4 rings (SSSR count). The predicted octanol–water partition coefficient (Wildman–Crippen LogP) is 3.54. The number of hydrogen-bond donors (Lipinski definition) is 1. The lowest BCUT2D eigenvalue weighted by atomic mass is 10.1. The SMILES string of the molecule is Cc1onc(-c2ccccc2)c1-c1nnc(CN(C)[C@@H](C)c2ccc(S(N)(=O)=O)cc2)o1. The van der Waals surface area contributed by atoms with E-state index >= 15 is 0 Å². The van der Waals surface area contributed by atoms with Crippen molar-refractivity contribution < 1.29 is 17.4 Å². The van der Waals surface area contributed by atoms with Crippen molar-refractivity contribution in [2.24, 2.45) is 5.14 Å². The van der Waals surface area contributed by atoms with Crippen LogP contribution in [-0.2, 0) is 16.6 Å². The van der Waals surface area contributed by atoms with Gasteiger partial charge in [0.1, 0.15) is 17.0 Å². The van der Waals surface area contributed by atoms with Crippen molar-refractivity contribution in [2.45, 2.75) is 31.3 Å². The number of aromatic nitrogens is 3. The number of aryl methyl sites for hydroxylation is 1. The highest BCUT2D eigenvalue weighted by Crippen LogP contribution is 2.33. The zero-order chi connectivity index (χ0) is 22.9. The number of nitrogens with zero attached hydrogens (tertiary/aromatic N) is 4. The molecule has 0 saturated carbocycles. The first-order valence-corrected chi connectivity index (χ1v) is 11.5. The minimum absolute atomic E-state index is 0.0305. The first kappa shape index (κ1) is 21.9. The van der Waals surface area contributed by atoms with Crippen LogP contribution in [0.15, 0.2) is 68.4 Å². The summed E-state index contributed by atoms with van der Waals surface area (Å²) in [6, 6.07) is 16.1. The summed E-state index contributed by atoms with van der Waals surface area (Å²) in [5, 5.41) is 17.7. The molecule has 2 N–H and O–H groups in total. The second kappa shape index (κ2) is 8.65. The average molecular weight is 454 g/mol. The quantitative estimate of drug-likeness (QED) is 0.450. The molecule has 2 heterocycles. The highest BCUT2D eigenvalue weighted by atomic mass is 32.2. The number of primary sulfonamides is 1. The Labute approximate surface area is 185 Å². The van der Waals surface area contributed by atoms with Crippen molar-refractivity contribution in [3.05, 3.63) is 71.8 Å². The topological polar surface area (TPSA) is 128 Å². The van der Waals surface area contributed by atoms with Gasteiger partial charge in [0.25, 0.3) is 5.89 Å². The molecule has 2 aromatic carbocycles. The van der Waals surface area contributed by atoms with E-state index in [1.807, 2.05) is 49.2 Å². The zero-order valence-electron chi connectivity index (χ0n) is 17.9. The van der Waals surface area contributed by atoms with Crippen molar-refractivity contribution in [2.75, 3.05) is 7.05 Å². The van der Waals surface area contributed by atoms with Gasteiger partial charge in [-0.3, -0.25) is 4.90 Å². The monoisotopic (exact) mass is 453 g/mol. The first-order chi connectivity index (χ1) is 15.2. The molecule has 0 aliphatic carbocycles. The minimum Gasteiger partial charge on any atom is -0.419 e. The summed E-state index contributed by atoms with van der Waals surface area (Å²) >= 11 is 0. The van der Waals surface area contributed by atoms with Crippen molar-refractivity contribution in [1.82, 2.24) is 20.3 Å². The Morgan fingerprint density at radius 2 is 1.75 bits per heavy atom. The Kier molecular flexibility index (Phi) is 5.92. The normalized spacial score (nSPS) is 12.9. The molecule has 0 unspecified atom stereocenters. The zero-order valence-corrected chi connectivity index (χ0v) is 18.7. The Balaban J connectivity index is 1.52. The van der Waals surface area contributed by atoms with E-state index in [0.717, 1.165) is 11.1 Å². The number of hydrogen-bond acceptors (Lipinski definition) is 8. The second-order valence-electron chi connectivity index (χ2n) is 7.53. The molecule has 2 aromatic heterocycles. The van der Waals surface area contributed by atoms with E-state index in [1.54, 1.807) is 19.1 Å². The predicted molar refractivity (Wildman–Crippen MR) is 118 cm³/mol. The third kappa shape index (κ3) is 4.47. The van der Waals surface area contributed by atoms with Gasteiger partial charge in [0.2, 0.25) is 15.9 Å². The van der Waals surface area contributed by atoms with Crippen molar-refractivity contribution in [3.8, 4) is 22.7 Å². The third-order valence-electron chi connectivity index (χ3n) is 5.33. The fourth-order valence-corrected chi connectivity index (χ4v) is 3.89. The fourth-order valence-electron chi connectivity index (χ4n) is 3.38. The molecule has 9 nitrogen and oxygen atoms in total. The Bertz CT molecular complexity index is 1310. The molecular formula is C22H23N5O4S. The van der Waals surface area contributed by atoms with Crippen LogP contribution in [0.1, 0.15) is 30.2 Å². The number of benzene rings is 2. The molecule has 4 aromatic rings. The smallest absolute Gasteiger partial charge is 0.253 e. The summed E-state index contributed by atoms with van der Waals surface area (Å²) in [5.74, 6) is 1.38. The van der Waals surface area contributed by atoms with Gasteiger partial charge in [0.05, 0.1) is 11.4 Å². The molecule has 1 atom stereocenters. The summed E-state index contributed by atoms with van der Waals surface area (Å²) < 4.78 is 34.2. The van der Waals surface area contributed by atoms with Crippen LogP contribution in [0.2, 0.25) is 0 Å². The van der Waals surface area contributed by atoms with Gasteiger partial charge in [-0.05, 0) is 38.6 Å². The maximum atomic E-state index is 11.5. The van der Waals surface area contributed by atoms with Gasteiger partial charge in [-0.15, -0.1) is 10.2 Å². The highest BCUT2D eigenvalue weighted by molar-refractivity contribution is 7.89. The fraction of sp³-hybridized carbons (Fsp3) is 0.227. The number of nitrogens with two attached hydrogens (primary N) is 1. The van der Waals surface area contributed by atoms with Gasteiger partial charge in [0.15, 0.2) is 0 Å². The van der Waals surface area contributed by atoms with Crippen molar-refractivity contribution in [3.63, 3.8) is 0 Å². The molecule has 0 aliphatic heterocycles. The van der Waals surface area contributed by atoms with Gasteiger partial charge in [-0.2, -0.15) is 0 Å². The molecule has 10 heteroatoms. The second-order valence-corrected chi connectivity index (χ2v) is 9.10. The van der Waals surface area contributed by atoms with E-state index in [9.17, 15) is 8.42 Å². The molecule has 0 amide bonds. The third-order valence-corrected chi connectivity index (χ3v) is 6.26. The summed E-state index contributed by atoms with van der Waals surface area (Å²) in [4.78, 5) is 2.10. The summed E-state index contributed by atoms with van der Waals surface area (Å²) in [5.41, 5.74) is 3.15. The standard InChI is InChI=1S/C22H23N5O4S/c1-14(16-9-11-18(12-10-16)32(23,28)29)27(3)13-19-24-25-22(30-19)20-15(2)31-26-21(20)17-7-5-4-6-8-17/h4-12,14H,13H2,1-3H3,(H2,23,28,29)/t14-/m0/s1. The van der Waals surface area contributed by atoms with E-state index < -0.39 is 10.0 Å². The highest BCUT2D eigenvalue weighted by Gasteiger charge is 2.23. The van der Waals surface area contributed by atoms with E-state index in [1.165, 1.54) is 12.1 Å². The maximum absolute atomic E-state index is 11.5. The molecule has 0 aliphatic rings. The summed E-state index contributed by atoms with van der Waals surface area (Å²) in [7, 11) is -1.80. The number of rotatable bonds is 7. The molecule has 166 valence electrons. The molecule has 32 heavy (non-hydrogen) atoms. The molecule has 0 radical (unpaired) electrons. The molecule has 0 fully saturated rings. The van der Waals surface area contributed by atoms with Gasteiger partial charge in [0, 0.05) is 11.6 Å². The van der Waals surface area contributed by atoms with Crippen molar-refractivity contribution in [1.29, 1.82) is 0 Å².